The van der Waals surface area contributed by atoms with Crippen LogP contribution in [0, 0.1) is 6.92 Å². The molecule has 0 fully saturated rings. The number of rotatable bonds is 5. The van der Waals surface area contributed by atoms with Crippen molar-refractivity contribution in [1.29, 1.82) is 0 Å². The smallest absolute Gasteiger partial charge is 0.192 e. The minimum atomic E-state index is 0.551. The number of aromatic nitrogens is 3. The van der Waals surface area contributed by atoms with E-state index < -0.39 is 0 Å². The molecule has 0 aliphatic rings. The topological polar surface area (TPSA) is 43.1 Å². The van der Waals surface area contributed by atoms with Crippen LogP contribution in [0.3, 0.4) is 0 Å². The highest BCUT2D eigenvalue weighted by atomic mass is 35.5. The Morgan fingerprint density at radius 1 is 1.04 bits per heavy atom. The van der Waals surface area contributed by atoms with Gasteiger partial charge >= 0.3 is 0 Å². The average molecular weight is 377 g/mol. The van der Waals surface area contributed by atoms with Gasteiger partial charge < -0.3 is 0 Å². The average Bonchev–Trinajstić information content (AvgIpc) is 2.94. The summed E-state index contributed by atoms with van der Waals surface area (Å²) >= 11 is 13.9. The van der Waals surface area contributed by atoms with Gasteiger partial charge in [-0.1, -0.05) is 71.4 Å². The van der Waals surface area contributed by atoms with Crippen LogP contribution in [0.25, 0.3) is 0 Å². The maximum absolute atomic E-state index is 6.17. The first-order chi connectivity index (χ1) is 11.6. The zero-order chi connectivity index (χ0) is 16.9. The molecule has 0 saturated carbocycles. The van der Waals surface area contributed by atoms with Crippen LogP contribution in [0.15, 0.2) is 58.8 Å². The van der Waals surface area contributed by atoms with Gasteiger partial charge in [0.15, 0.2) is 5.82 Å². The molecule has 0 spiro atoms. The molecule has 3 rings (SSSR count). The summed E-state index contributed by atoms with van der Waals surface area (Å²) in [7, 11) is 0. The highest BCUT2D eigenvalue weighted by Gasteiger charge is 2.09. The van der Waals surface area contributed by atoms with Crippen LogP contribution in [-0.2, 0) is 5.75 Å². The van der Waals surface area contributed by atoms with E-state index in [0.29, 0.717) is 21.4 Å². The predicted octanol–water partition coefficient (Wildman–Crippen LogP) is 5.07. The quantitative estimate of drug-likeness (QED) is 0.461. The molecule has 0 saturated heterocycles. The monoisotopic (exact) mass is 376 g/mol. The minimum Gasteiger partial charge on any atom is -0.192 e. The van der Waals surface area contributed by atoms with Crippen molar-refractivity contribution in [2.75, 3.05) is 0 Å². The minimum absolute atomic E-state index is 0.551. The zero-order valence-electron chi connectivity index (χ0n) is 12.9. The van der Waals surface area contributed by atoms with E-state index in [4.69, 9.17) is 23.2 Å². The summed E-state index contributed by atoms with van der Waals surface area (Å²) in [6.45, 7) is 1.85. The molecule has 122 valence electrons. The third-order valence-corrected chi connectivity index (χ3v) is 4.93. The molecule has 0 radical (unpaired) electrons. The molecule has 4 nitrogen and oxygen atoms in total. The second kappa shape index (κ2) is 7.83. The number of halogens is 2. The lowest BCUT2D eigenvalue weighted by Gasteiger charge is -2.04. The SMILES string of the molecule is Cc1nnc(SCc2ccccc2)n1/N=C\c1c(Cl)cccc1Cl. The van der Waals surface area contributed by atoms with Crippen LogP contribution < -0.4 is 0 Å². The summed E-state index contributed by atoms with van der Waals surface area (Å²) in [5.74, 6) is 1.49. The lowest BCUT2D eigenvalue weighted by atomic mass is 10.2. The van der Waals surface area contributed by atoms with Crippen molar-refractivity contribution < 1.29 is 0 Å². The van der Waals surface area contributed by atoms with E-state index in [2.05, 4.69) is 27.4 Å². The van der Waals surface area contributed by atoms with Crippen LogP contribution in [0.2, 0.25) is 10.0 Å². The lowest BCUT2D eigenvalue weighted by Crippen LogP contribution is -1.97. The Balaban J connectivity index is 1.81. The van der Waals surface area contributed by atoms with Gasteiger partial charge in [0.05, 0.1) is 16.3 Å². The number of hydrogen-bond acceptors (Lipinski definition) is 4. The van der Waals surface area contributed by atoms with Gasteiger partial charge in [-0.2, -0.15) is 9.78 Å². The fourth-order valence-electron chi connectivity index (χ4n) is 2.03. The van der Waals surface area contributed by atoms with Crippen molar-refractivity contribution in [3.8, 4) is 0 Å². The van der Waals surface area contributed by atoms with Gasteiger partial charge in [0.1, 0.15) is 0 Å². The molecule has 7 heteroatoms. The Kier molecular flexibility index (Phi) is 5.56. The van der Waals surface area contributed by atoms with E-state index >= 15 is 0 Å². The van der Waals surface area contributed by atoms with Gasteiger partial charge in [0, 0.05) is 11.3 Å². The zero-order valence-corrected chi connectivity index (χ0v) is 15.2. The Labute approximate surface area is 154 Å². The molecule has 0 bridgehead atoms. The summed E-state index contributed by atoms with van der Waals surface area (Å²) in [6, 6.07) is 15.5. The van der Waals surface area contributed by atoms with E-state index in [-0.39, 0.29) is 0 Å². The first kappa shape index (κ1) is 17.0. The fraction of sp³-hybridized carbons (Fsp3) is 0.118. The van der Waals surface area contributed by atoms with E-state index in [1.54, 1.807) is 40.9 Å². The molecule has 0 aliphatic heterocycles. The highest BCUT2D eigenvalue weighted by molar-refractivity contribution is 7.98. The van der Waals surface area contributed by atoms with Crippen molar-refractivity contribution in [2.24, 2.45) is 5.10 Å². The van der Waals surface area contributed by atoms with Gasteiger partial charge in [-0.05, 0) is 24.6 Å². The van der Waals surface area contributed by atoms with E-state index in [1.807, 2.05) is 25.1 Å². The maximum atomic E-state index is 6.17. The Morgan fingerprint density at radius 3 is 2.46 bits per heavy atom. The molecule has 0 amide bonds. The molecule has 1 aromatic heterocycles. The second-order valence-corrected chi connectivity index (χ2v) is 6.75. The standard InChI is InChI=1S/C17H14Cl2N4S/c1-12-21-22-17(24-11-13-6-3-2-4-7-13)23(12)20-10-14-15(18)8-5-9-16(14)19/h2-10H,11H2,1H3/b20-10-. The molecule has 24 heavy (non-hydrogen) atoms. The molecular formula is C17H14Cl2N4S. The normalized spacial score (nSPS) is 11.3. The number of thioether (sulfide) groups is 1. The van der Waals surface area contributed by atoms with Gasteiger partial charge in [0.25, 0.3) is 0 Å². The van der Waals surface area contributed by atoms with E-state index in [1.165, 1.54) is 5.56 Å². The van der Waals surface area contributed by atoms with Crippen LogP contribution in [0.1, 0.15) is 17.0 Å². The van der Waals surface area contributed by atoms with E-state index in [0.717, 1.165) is 10.9 Å². The van der Waals surface area contributed by atoms with Gasteiger partial charge in [0.2, 0.25) is 5.16 Å². The van der Waals surface area contributed by atoms with Gasteiger partial charge in [-0.25, -0.2) is 0 Å². The summed E-state index contributed by atoms with van der Waals surface area (Å²) in [6.07, 6.45) is 1.63. The van der Waals surface area contributed by atoms with Crippen LogP contribution in [0.5, 0.6) is 0 Å². The molecule has 1 heterocycles. The molecule has 0 unspecified atom stereocenters. The molecular weight excluding hydrogens is 363 g/mol. The van der Waals surface area contributed by atoms with Crippen molar-refractivity contribution in [3.05, 3.63) is 75.5 Å². The summed E-state index contributed by atoms with van der Waals surface area (Å²) in [5.41, 5.74) is 1.89. The molecule has 0 N–H and O–H groups in total. The molecule has 0 aliphatic carbocycles. The summed E-state index contributed by atoms with van der Waals surface area (Å²) in [4.78, 5) is 0. The van der Waals surface area contributed by atoms with Crippen LogP contribution in [-0.4, -0.2) is 21.1 Å². The van der Waals surface area contributed by atoms with Crippen molar-refractivity contribution in [1.82, 2.24) is 14.9 Å². The summed E-state index contributed by atoms with van der Waals surface area (Å²) in [5, 5.41) is 14.6. The van der Waals surface area contributed by atoms with Crippen molar-refractivity contribution >= 4 is 41.2 Å². The van der Waals surface area contributed by atoms with Gasteiger partial charge in [-0.15, -0.1) is 10.2 Å². The van der Waals surface area contributed by atoms with Crippen LogP contribution in [0.4, 0.5) is 0 Å². The Bertz CT molecular complexity index is 842. The second-order valence-electron chi connectivity index (χ2n) is 5.00. The number of hydrogen-bond donors (Lipinski definition) is 0. The number of benzene rings is 2. The van der Waals surface area contributed by atoms with Crippen LogP contribution >= 0.6 is 35.0 Å². The Hall–Kier alpha value is -1.82. The molecule has 2 aromatic carbocycles. The molecule has 0 atom stereocenters. The maximum Gasteiger partial charge on any atom is 0.212 e. The fourth-order valence-corrected chi connectivity index (χ4v) is 3.42. The summed E-state index contributed by atoms with van der Waals surface area (Å²) < 4.78 is 1.69. The number of nitrogens with zero attached hydrogens (tertiary/aromatic N) is 4. The Morgan fingerprint density at radius 2 is 1.75 bits per heavy atom. The third kappa shape index (κ3) is 3.98. The third-order valence-electron chi connectivity index (χ3n) is 3.28. The van der Waals surface area contributed by atoms with Crippen molar-refractivity contribution in [2.45, 2.75) is 17.8 Å². The first-order valence-corrected chi connectivity index (χ1v) is 8.96. The first-order valence-electron chi connectivity index (χ1n) is 7.22. The van der Waals surface area contributed by atoms with E-state index in [9.17, 15) is 0 Å². The van der Waals surface area contributed by atoms with Crippen molar-refractivity contribution in [3.63, 3.8) is 0 Å². The number of aryl methyl sites for hydroxylation is 1. The lowest BCUT2D eigenvalue weighted by molar-refractivity contribution is 0.744. The molecule has 3 aromatic rings. The van der Waals surface area contributed by atoms with Gasteiger partial charge in [-0.3, -0.25) is 0 Å². The largest absolute Gasteiger partial charge is 0.212 e. The highest BCUT2D eigenvalue weighted by Crippen LogP contribution is 2.24. The predicted molar refractivity (Wildman–Crippen MR) is 100 cm³/mol.